The van der Waals surface area contributed by atoms with E-state index in [1.807, 2.05) is 28.9 Å². The minimum absolute atomic E-state index is 0.0108. The monoisotopic (exact) mass is 460 g/mol. The van der Waals surface area contributed by atoms with E-state index in [1.165, 1.54) is 12.8 Å². The van der Waals surface area contributed by atoms with Gasteiger partial charge in [0.05, 0.1) is 43.5 Å². The number of anilines is 2. The van der Waals surface area contributed by atoms with E-state index in [9.17, 15) is 4.79 Å². The summed E-state index contributed by atoms with van der Waals surface area (Å²) < 4.78 is 7.07. The molecular weight excluding hydrogens is 428 g/mol. The molecule has 1 aliphatic heterocycles. The molecule has 1 unspecified atom stereocenters. The molecule has 0 bridgehead atoms. The Bertz CT molecular complexity index is 1170. The van der Waals surface area contributed by atoms with Gasteiger partial charge in [-0.1, -0.05) is 13.0 Å². The normalized spacial score (nSPS) is 21.9. The summed E-state index contributed by atoms with van der Waals surface area (Å²) >= 11 is 0. The highest BCUT2D eigenvalue weighted by molar-refractivity contribution is 5.94. The highest BCUT2D eigenvalue weighted by Crippen LogP contribution is 2.50. The van der Waals surface area contributed by atoms with E-state index in [4.69, 9.17) is 4.74 Å². The van der Waals surface area contributed by atoms with Gasteiger partial charge in [-0.3, -0.25) is 14.5 Å². The topological polar surface area (TPSA) is 85.2 Å². The van der Waals surface area contributed by atoms with Crippen molar-refractivity contribution in [1.29, 1.82) is 0 Å². The van der Waals surface area contributed by atoms with E-state index in [0.717, 1.165) is 33.9 Å². The summed E-state index contributed by atoms with van der Waals surface area (Å²) in [5.41, 5.74) is 5.08. The van der Waals surface area contributed by atoms with Crippen molar-refractivity contribution in [1.82, 2.24) is 19.7 Å². The molecule has 1 aliphatic carbocycles. The van der Waals surface area contributed by atoms with Gasteiger partial charge in [-0.05, 0) is 48.9 Å². The van der Waals surface area contributed by atoms with Gasteiger partial charge in [0.2, 0.25) is 5.91 Å². The van der Waals surface area contributed by atoms with Crippen LogP contribution in [0.1, 0.15) is 44.0 Å². The third-order valence-corrected chi connectivity index (χ3v) is 7.00. The Kier molecular flexibility index (Phi) is 6.08. The standard InChI is InChI=1S/C26H32N6O2/c1-16-12-28-24(14-27-16)30-25-17(2)26(19-5-6-19)32(18(3)33)23-8-7-20(11-22(23)25)21-13-29-31(15-21)9-10-34-4/h7-8,11-15,17,19,25-26H,5-6,9-10H2,1-4H3,(H,28,30)/t17-,25-,26?/m0/s1. The van der Waals surface area contributed by atoms with Crippen LogP contribution in [-0.2, 0) is 16.1 Å². The summed E-state index contributed by atoms with van der Waals surface area (Å²) in [6, 6.07) is 6.56. The molecule has 3 aromatic rings. The molecule has 3 atom stereocenters. The van der Waals surface area contributed by atoms with Crippen molar-refractivity contribution in [2.75, 3.05) is 23.9 Å². The number of amides is 1. The van der Waals surface area contributed by atoms with Crippen LogP contribution in [0.2, 0.25) is 0 Å². The third kappa shape index (κ3) is 4.30. The number of rotatable bonds is 7. The number of ether oxygens (including phenoxy) is 1. The SMILES string of the molecule is COCCn1cc(-c2ccc3c(c2)[C@@H](Nc2cnc(C)cn2)[C@H](C)C(C2CC2)N3C(C)=O)cn1. The fourth-order valence-corrected chi connectivity index (χ4v) is 5.19. The van der Waals surface area contributed by atoms with Gasteiger partial charge in [0.1, 0.15) is 5.82 Å². The molecule has 0 radical (unpaired) electrons. The largest absolute Gasteiger partial charge is 0.383 e. The van der Waals surface area contributed by atoms with Gasteiger partial charge in [-0.15, -0.1) is 0 Å². The number of aromatic nitrogens is 4. The number of benzene rings is 1. The highest BCUT2D eigenvalue weighted by atomic mass is 16.5. The van der Waals surface area contributed by atoms with E-state index in [0.29, 0.717) is 19.1 Å². The van der Waals surface area contributed by atoms with Crippen LogP contribution in [0.4, 0.5) is 11.5 Å². The molecule has 2 aromatic heterocycles. The van der Waals surface area contributed by atoms with E-state index < -0.39 is 0 Å². The molecule has 8 nitrogen and oxygen atoms in total. The smallest absolute Gasteiger partial charge is 0.224 e. The van der Waals surface area contributed by atoms with Crippen LogP contribution in [0.25, 0.3) is 11.1 Å². The molecule has 8 heteroatoms. The number of nitrogens with one attached hydrogen (secondary N) is 1. The fourth-order valence-electron chi connectivity index (χ4n) is 5.19. The predicted molar refractivity (Wildman–Crippen MR) is 132 cm³/mol. The van der Waals surface area contributed by atoms with Crippen molar-refractivity contribution >= 4 is 17.4 Å². The lowest BCUT2D eigenvalue weighted by molar-refractivity contribution is -0.117. The first-order valence-electron chi connectivity index (χ1n) is 12.0. The van der Waals surface area contributed by atoms with Crippen molar-refractivity contribution in [3.05, 3.63) is 54.2 Å². The first kappa shape index (κ1) is 22.5. The van der Waals surface area contributed by atoms with Crippen molar-refractivity contribution < 1.29 is 9.53 Å². The summed E-state index contributed by atoms with van der Waals surface area (Å²) in [4.78, 5) is 23.9. The molecule has 1 aromatic carbocycles. The summed E-state index contributed by atoms with van der Waals surface area (Å²) in [6.45, 7) is 7.18. The van der Waals surface area contributed by atoms with Crippen LogP contribution < -0.4 is 10.2 Å². The molecule has 0 spiro atoms. The van der Waals surface area contributed by atoms with Crippen molar-refractivity contribution in [3.63, 3.8) is 0 Å². The van der Waals surface area contributed by atoms with Crippen LogP contribution >= 0.6 is 0 Å². The van der Waals surface area contributed by atoms with Crippen LogP contribution in [0, 0.1) is 18.8 Å². The number of nitrogens with zero attached hydrogens (tertiary/aromatic N) is 5. The first-order chi connectivity index (χ1) is 16.5. The van der Waals surface area contributed by atoms with Crippen LogP contribution in [0.3, 0.4) is 0 Å². The number of hydrogen-bond acceptors (Lipinski definition) is 6. The second-order valence-corrected chi connectivity index (χ2v) is 9.50. The maximum Gasteiger partial charge on any atom is 0.224 e. The van der Waals surface area contributed by atoms with Gasteiger partial charge < -0.3 is 15.0 Å². The summed E-state index contributed by atoms with van der Waals surface area (Å²) in [5.74, 6) is 1.60. The maximum absolute atomic E-state index is 12.9. The summed E-state index contributed by atoms with van der Waals surface area (Å²) in [6.07, 6.45) is 9.83. The number of methoxy groups -OCH3 is 1. The lowest BCUT2D eigenvalue weighted by Crippen LogP contribution is -2.51. The Labute approximate surface area is 200 Å². The van der Waals surface area contributed by atoms with Crippen LogP contribution in [-0.4, -0.2) is 45.4 Å². The third-order valence-electron chi connectivity index (χ3n) is 7.00. The van der Waals surface area contributed by atoms with E-state index >= 15 is 0 Å². The fraction of sp³-hybridized carbons (Fsp3) is 0.462. The van der Waals surface area contributed by atoms with Crippen LogP contribution in [0.5, 0.6) is 0 Å². The molecule has 1 N–H and O–H groups in total. The zero-order valence-corrected chi connectivity index (χ0v) is 20.2. The van der Waals surface area contributed by atoms with Crippen molar-refractivity contribution in [2.24, 2.45) is 11.8 Å². The summed E-state index contributed by atoms with van der Waals surface area (Å²) in [7, 11) is 1.69. The minimum Gasteiger partial charge on any atom is -0.383 e. The second kappa shape index (κ2) is 9.18. The van der Waals surface area contributed by atoms with Gasteiger partial charge in [0.15, 0.2) is 0 Å². The predicted octanol–water partition coefficient (Wildman–Crippen LogP) is 4.23. The van der Waals surface area contributed by atoms with Crippen LogP contribution in [0.15, 0.2) is 43.0 Å². The Morgan fingerprint density at radius 2 is 2.00 bits per heavy atom. The second-order valence-electron chi connectivity index (χ2n) is 9.50. The molecule has 1 fully saturated rings. The number of aryl methyl sites for hydroxylation is 1. The summed E-state index contributed by atoms with van der Waals surface area (Å²) in [5, 5.41) is 8.13. The van der Waals surface area contributed by atoms with Gasteiger partial charge in [-0.2, -0.15) is 5.10 Å². The molecule has 3 heterocycles. The quantitative estimate of drug-likeness (QED) is 0.568. The molecule has 0 saturated heterocycles. The zero-order valence-electron chi connectivity index (χ0n) is 20.2. The Hall–Kier alpha value is -3.26. The maximum atomic E-state index is 12.9. The molecule has 1 amide bonds. The molecular formula is C26H32N6O2. The van der Waals surface area contributed by atoms with Gasteiger partial charge >= 0.3 is 0 Å². The average molecular weight is 461 g/mol. The average Bonchev–Trinajstić information content (AvgIpc) is 3.56. The Morgan fingerprint density at radius 1 is 1.18 bits per heavy atom. The molecule has 2 aliphatic rings. The lowest BCUT2D eigenvalue weighted by Gasteiger charge is -2.46. The van der Waals surface area contributed by atoms with Gasteiger partial charge in [0, 0.05) is 43.4 Å². The Morgan fingerprint density at radius 3 is 2.68 bits per heavy atom. The zero-order chi connectivity index (χ0) is 23.8. The van der Waals surface area contributed by atoms with E-state index in [2.05, 4.69) is 45.5 Å². The number of hydrogen-bond donors (Lipinski definition) is 1. The molecule has 5 rings (SSSR count). The van der Waals surface area contributed by atoms with Gasteiger partial charge in [0.25, 0.3) is 0 Å². The highest BCUT2D eigenvalue weighted by Gasteiger charge is 2.47. The van der Waals surface area contributed by atoms with Crippen molar-refractivity contribution in [3.8, 4) is 11.1 Å². The van der Waals surface area contributed by atoms with E-state index in [1.54, 1.807) is 26.4 Å². The van der Waals surface area contributed by atoms with Crippen molar-refractivity contribution in [2.45, 2.75) is 52.2 Å². The molecule has 1 saturated carbocycles. The Balaban J connectivity index is 1.56. The first-order valence-corrected chi connectivity index (χ1v) is 12.0. The van der Waals surface area contributed by atoms with E-state index in [-0.39, 0.29) is 23.9 Å². The number of carbonyl (C=O) groups is 1. The molecule has 178 valence electrons. The minimum atomic E-state index is 0.0108. The lowest BCUT2D eigenvalue weighted by atomic mass is 9.79. The number of carbonyl (C=O) groups excluding carboxylic acids is 1. The van der Waals surface area contributed by atoms with Gasteiger partial charge in [-0.25, -0.2) is 4.98 Å². The number of fused-ring (bicyclic) bond motifs is 1. The molecule has 34 heavy (non-hydrogen) atoms.